The van der Waals surface area contributed by atoms with Crippen molar-refractivity contribution in [3.63, 3.8) is 0 Å². The van der Waals surface area contributed by atoms with E-state index < -0.39 is 0 Å². The Bertz CT molecular complexity index is 96.3. The van der Waals surface area contributed by atoms with Gasteiger partial charge in [0.05, 0.1) is 12.7 Å². The number of ether oxygens (including phenoxy) is 2. The fourth-order valence-electron chi connectivity index (χ4n) is 1.40. The van der Waals surface area contributed by atoms with Crippen molar-refractivity contribution in [2.75, 3.05) is 26.9 Å². The van der Waals surface area contributed by atoms with E-state index in [0.29, 0.717) is 18.6 Å². The summed E-state index contributed by atoms with van der Waals surface area (Å²) < 4.78 is 10.6. The summed E-state index contributed by atoms with van der Waals surface area (Å²) in [4.78, 5) is 0. The molecule has 0 amide bonds. The molecular formula is C8H17NO2. The van der Waals surface area contributed by atoms with Crippen LogP contribution in [-0.4, -0.2) is 33.0 Å². The van der Waals surface area contributed by atoms with Gasteiger partial charge in [-0.3, -0.25) is 0 Å². The zero-order chi connectivity index (χ0) is 8.10. The van der Waals surface area contributed by atoms with Gasteiger partial charge >= 0.3 is 0 Å². The Hall–Kier alpha value is -0.120. The molecular weight excluding hydrogens is 142 g/mol. The van der Waals surface area contributed by atoms with Crippen LogP contribution in [0.25, 0.3) is 0 Å². The molecule has 0 aliphatic carbocycles. The first kappa shape index (κ1) is 8.97. The molecule has 1 heterocycles. The van der Waals surface area contributed by atoms with Crippen LogP contribution in [0.4, 0.5) is 0 Å². The van der Waals surface area contributed by atoms with Crippen LogP contribution in [0.2, 0.25) is 0 Å². The molecule has 0 spiro atoms. The molecule has 0 aromatic carbocycles. The van der Waals surface area contributed by atoms with Crippen molar-refractivity contribution in [1.29, 1.82) is 0 Å². The van der Waals surface area contributed by atoms with Crippen molar-refractivity contribution < 1.29 is 9.47 Å². The molecule has 1 aliphatic heterocycles. The van der Waals surface area contributed by atoms with E-state index in [1.807, 2.05) is 0 Å². The maximum Gasteiger partial charge on any atom is 0.0597 e. The molecule has 0 aromatic rings. The van der Waals surface area contributed by atoms with Gasteiger partial charge in [0.25, 0.3) is 0 Å². The highest BCUT2D eigenvalue weighted by molar-refractivity contribution is 4.69. The molecule has 1 rings (SSSR count). The van der Waals surface area contributed by atoms with Gasteiger partial charge in [0.1, 0.15) is 0 Å². The predicted octanol–water partition coefficient (Wildman–Crippen LogP) is 0.387. The fourth-order valence-corrected chi connectivity index (χ4v) is 1.40. The first-order chi connectivity index (χ1) is 5.36. The van der Waals surface area contributed by atoms with Crippen molar-refractivity contribution in [3.05, 3.63) is 0 Å². The summed E-state index contributed by atoms with van der Waals surface area (Å²) in [6.07, 6.45) is 2.41. The number of methoxy groups -OCH3 is 1. The maximum absolute atomic E-state index is 5.55. The molecule has 0 unspecified atom stereocenters. The van der Waals surface area contributed by atoms with Gasteiger partial charge in [0.2, 0.25) is 0 Å². The molecule has 2 N–H and O–H groups in total. The summed E-state index contributed by atoms with van der Waals surface area (Å²) in [6, 6.07) is 0. The SMILES string of the molecule is CO[C@@H]1CCOC[C@H](CN)C1. The summed E-state index contributed by atoms with van der Waals surface area (Å²) >= 11 is 0. The molecule has 1 aliphatic rings. The Morgan fingerprint density at radius 1 is 1.64 bits per heavy atom. The van der Waals surface area contributed by atoms with E-state index in [2.05, 4.69) is 0 Å². The summed E-state index contributed by atoms with van der Waals surface area (Å²) in [7, 11) is 1.75. The van der Waals surface area contributed by atoms with Crippen molar-refractivity contribution in [1.82, 2.24) is 0 Å². The van der Waals surface area contributed by atoms with E-state index >= 15 is 0 Å². The Kier molecular flexibility index (Phi) is 3.83. The van der Waals surface area contributed by atoms with E-state index in [1.54, 1.807) is 7.11 Å². The minimum atomic E-state index is 0.353. The van der Waals surface area contributed by atoms with Crippen molar-refractivity contribution in [2.45, 2.75) is 18.9 Å². The molecule has 66 valence electrons. The summed E-state index contributed by atoms with van der Waals surface area (Å²) in [5.41, 5.74) is 5.55. The highest BCUT2D eigenvalue weighted by Gasteiger charge is 2.18. The minimum Gasteiger partial charge on any atom is -0.381 e. The van der Waals surface area contributed by atoms with Gasteiger partial charge < -0.3 is 15.2 Å². The molecule has 1 saturated heterocycles. The van der Waals surface area contributed by atoms with Gasteiger partial charge in [-0.15, -0.1) is 0 Å². The second-order valence-electron chi connectivity index (χ2n) is 3.06. The normalized spacial score (nSPS) is 33.3. The minimum absolute atomic E-state index is 0.353. The van der Waals surface area contributed by atoms with Crippen LogP contribution in [-0.2, 0) is 9.47 Å². The van der Waals surface area contributed by atoms with Gasteiger partial charge in [-0.1, -0.05) is 0 Å². The Balaban J connectivity index is 2.33. The van der Waals surface area contributed by atoms with Gasteiger partial charge in [-0.2, -0.15) is 0 Å². The predicted molar refractivity (Wildman–Crippen MR) is 43.4 cm³/mol. The van der Waals surface area contributed by atoms with E-state index in [0.717, 1.165) is 26.1 Å². The summed E-state index contributed by atoms with van der Waals surface area (Å²) in [6.45, 7) is 2.32. The second kappa shape index (κ2) is 4.70. The van der Waals surface area contributed by atoms with Gasteiger partial charge in [-0.05, 0) is 25.3 Å². The maximum atomic E-state index is 5.55. The van der Waals surface area contributed by atoms with Crippen LogP contribution in [0.3, 0.4) is 0 Å². The average molecular weight is 159 g/mol. The largest absolute Gasteiger partial charge is 0.381 e. The van der Waals surface area contributed by atoms with Crippen LogP contribution in [0.5, 0.6) is 0 Å². The first-order valence-electron chi connectivity index (χ1n) is 4.17. The topological polar surface area (TPSA) is 44.5 Å². The smallest absolute Gasteiger partial charge is 0.0597 e. The van der Waals surface area contributed by atoms with E-state index in [1.165, 1.54) is 0 Å². The van der Waals surface area contributed by atoms with Crippen molar-refractivity contribution in [3.8, 4) is 0 Å². The monoisotopic (exact) mass is 159 g/mol. The zero-order valence-electron chi connectivity index (χ0n) is 7.08. The third kappa shape index (κ3) is 2.77. The quantitative estimate of drug-likeness (QED) is 0.633. The number of nitrogens with two attached hydrogens (primary N) is 1. The van der Waals surface area contributed by atoms with Crippen molar-refractivity contribution in [2.24, 2.45) is 11.7 Å². The van der Waals surface area contributed by atoms with Crippen LogP contribution >= 0.6 is 0 Å². The first-order valence-corrected chi connectivity index (χ1v) is 4.17. The molecule has 11 heavy (non-hydrogen) atoms. The molecule has 0 radical (unpaired) electrons. The Morgan fingerprint density at radius 3 is 3.09 bits per heavy atom. The van der Waals surface area contributed by atoms with Crippen LogP contribution < -0.4 is 5.73 Å². The van der Waals surface area contributed by atoms with E-state index in [4.69, 9.17) is 15.2 Å². The lowest BCUT2D eigenvalue weighted by Crippen LogP contribution is -2.22. The van der Waals surface area contributed by atoms with Gasteiger partial charge in [-0.25, -0.2) is 0 Å². The van der Waals surface area contributed by atoms with Crippen molar-refractivity contribution >= 4 is 0 Å². The summed E-state index contributed by atoms with van der Waals surface area (Å²) in [5, 5.41) is 0. The third-order valence-corrected chi connectivity index (χ3v) is 2.20. The Morgan fingerprint density at radius 2 is 2.45 bits per heavy atom. The second-order valence-corrected chi connectivity index (χ2v) is 3.06. The zero-order valence-corrected chi connectivity index (χ0v) is 7.08. The molecule has 3 heteroatoms. The standard InChI is InChI=1S/C8H17NO2/c1-10-8-2-3-11-6-7(4-8)5-9/h7-8H,2-6,9H2,1H3/t7-,8+/m0/s1. The lowest BCUT2D eigenvalue weighted by molar-refractivity contribution is 0.0773. The molecule has 2 atom stereocenters. The number of hydrogen-bond acceptors (Lipinski definition) is 3. The van der Waals surface area contributed by atoms with E-state index in [-0.39, 0.29) is 0 Å². The average Bonchev–Trinajstić information content (AvgIpc) is 2.28. The summed E-state index contributed by atoms with van der Waals surface area (Å²) in [5.74, 6) is 0.488. The lowest BCUT2D eigenvalue weighted by Gasteiger charge is -2.15. The lowest BCUT2D eigenvalue weighted by atomic mass is 10.0. The number of rotatable bonds is 2. The van der Waals surface area contributed by atoms with E-state index in [9.17, 15) is 0 Å². The van der Waals surface area contributed by atoms with Crippen LogP contribution in [0, 0.1) is 5.92 Å². The molecule has 0 saturated carbocycles. The van der Waals surface area contributed by atoms with Crippen LogP contribution in [0.15, 0.2) is 0 Å². The number of hydrogen-bond donors (Lipinski definition) is 1. The molecule has 0 aromatic heterocycles. The molecule has 1 fully saturated rings. The van der Waals surface area contributed by atoms with Gasteiger partial charge in [0.15, 0.2) is 0 Å². The third-order valence-electron chi connectivity index (χ3n) is 2.20. The Labute approximate surface area is 67.9 Å². The van der Waals surface area contributed by atoms with Crippen LogP contribution in [0.1, 0.15) is 12.8 Å². The highest BCUT2D eigenvalue weighted by atomic mass is 16.5. The highest BCUT2D eigenvalue weighted by Crippen LogP contribution is 2.15. The molecule has 0 bridgehead atoms. The molecule has 3 nitrogen and oxygen atoms in total. The van der Waals surface area contributed by atoms with Gasteiger partial charge in [0, 0.05) is 13.7 Å². The fraction of sp³-hybridized carbons (Fsp3) is 1.00.